The molecule has 2 aliphatic heterocycles. The number of hydrogen-bond donors (Lipinski definition) is 0. The smallest absolute Gasteiger partial charge is 0.432 e. The fourth-order valence-electron chi connectivity index (χ4n) is 4.24. The number of ether oxygens (including phenoxy) is 6. The second-order valence-corrected chi connectivity index (χ2v) is 9.47. The number of rotatable bonds is 9. The minimum atomic E-state index is -2.06. The Morgan fingerprint density at radius 2 is 1.59 bits per heavy atom. The van der Waals surface area contributed by atoms with Gasteiger partial charge in [-0.3, -0.25) is 4.79 Å². The molecule has 3 aliphatic rings. The van der Waals surface area contributed by atoms with Crippen LogP contribution in [0.15, 0.2) is 18.2 Å². The van der Waals surface area contributed by atoms with Crippen LogP contribution < -0.4 is 14.2 Å². The first-order valence-corrected chi connectivity index (χ1v) is 12.2. The molecule has 0 saturated heterocycles. The lowest BCUT2D eigenvalue weighted by Gasteiger charge is -2.46. The predicted octanol–water partition coefficient (Wildman–Crippen LogP) is 4.36. The molecule has 0 unspecified atom stereocenters. The van der Waals surface area contributed by atoms with Crippen molar-refractivity contribution in [2.75, 3.05) is 41.2 Å². The molecule has 1 aromatic rings. The quantitative estimate of drug-likeness (QED) is 0.438. The summed E-state index contributed by atoms with van der Waals surface area (Å²) in [5.74, 6) is -0.00103. The molecule has 0 aromatic heterocycles. The van der Waals surface area contributed by atoms with Crippen LogP contribution >= 0.6 is 0 Å². The maximum absolute atomic E-state index is 14.3. The van der Waals surface area contributed by atoms with Gasteiger partial charge in [-0.1, -0.05) is 33.8 Å². The van der Waals surface area contributed by atoms with E-state index in [4.69, 9.17) is 28.4 Å². The van der Waals surface area contributed by atoms with Crippen molar-refractivity contribution in [3.63, 3.8) is 0 Å². The zero-order valence-electron chi connectivity index (χ0n) is 22.7. The maximum atomic E-state index is 14.3. The van der Waals surface area contributed by atoms with E-state index in [2.05, 4.69) is 0 Å². The number of carbonyl (C=O) groups excluding carboxylic acids is 3. The van der Waals surface area contributed by atoms with Crippen molar-refractivity contribution in [1.82, 2.24) is 10.0 Å². The molecule has 0 fully saturated rings. The lowest BCUT2D eigenvalue weighted by molar-refractivity contribution is -0.160. The molecule has 0 saturated carbocycles. The Morgan fingerprint density at radius 3 is 2.11 bits per heavy atom. The van der Waals surface area contributed by atoms with Gasteiger partial charge < -0.3 is 28.4 Å². The minimum Gasteiger partial charge on any atom is -0.493 e. The Balaban J connectivity index is 2.33. The number of hydrazine groups is 1. The van der Waals surface area contributed by atoms with Crippen LogP contribution in [-0.4, -0.2) is 74.9 Å². The number of ketones is 1. The fraction of sp³-hybridized carbons (Fsp3) is 0.577. The van der Waals surface area contributed by atoms with Crippen molar-refractivity contribution in [2.24, 2.45) is 11.8 Å². The number of fused-ring (bicyclic) bond motifs is 1. The fourth-order valence-corrected chi connectivity index (χ4v) is 4.24. The molecule has 2 bridgehead atoms. The zero-order chi connectivity index (χ0) is 27.5. The summed E-state index contributed by atoms with van der Waals surface area (Å²) in [6.07, 6.45) is 1.26. The van der Waals surface area contributed by atoms with Gasteiger partial charge in [-0.15, -0.1) is 0 Å². The summed E-state index contributed by atoms with van der Waals surface area (Å²) in [5.41, 5.74) is -1.61. The second kappa shape index (κ2) is 11.3. The van der Waals surface area contributed by atoms with Crippen LogP contribution in [0.4, 0.5) is 9.59 Å². The molecular formula is C26H36N2O9. The minimum absolute atomic E-state index is 0.00877. The van der Waals surface area contributed by atoms with Crippen molar-refractivity contribution in [3.8, 4) is 17.2 Å². The van der Waals surface area contributed by atoms with E-state index in [0.29, 0.717) is 5.56 Å². The van der Waals surface area contributed by atoms with Gasteiger partial charge in [-0.25, -0.2) is 9.59 Å². The summed E-state index contributed by atoms with van der Waals surface area (Å²) in [6, 6.07) is 0.635. The predicted molar refractivity (Wildman–Crippen MR) is 133 cm³/mol. The Hall–Kier alpha value is -3.47. The molecule has 2 amide bonds. The van der Waals surface area contributed by atoms with Crippen LogP contribution in [0.2, 0.25) is 0 Å². The zero-order valence-corrected chi connectivity index (χ0v) is 22.7. The third-order valence-electron chi connectivity index (χ3n) is 5.87. The van der Waals surface area contributed by atoms with Crippen LogP contribution in [0.5, 0.6) is 17.2 Å². The molecule has 4 rings (SSSR count). The number of hydrogen-bond acceptors (Lipinski definition) is 9. The van der Waals surface area contributed by atoms with Gasteiger partial charge in [-0.2, -0.15) is 10.0 Å². The van der Waals surface area contributed by atoms with Gasteiger partial charge in [0.25, 0.3) is 0 Å². The molecule has 11 heteroatoms. The Bertz CT molecular complexity index is 1070. The van der Waals surface area contributed by atoms with Crippen LogP contribution in [0.1, 0.15) is 56.6 Å². The van der Waals surface area contributed by atoms with E-state index < -0.39 is 29.7 Å². The normalized spacial score (nSPS) is 20.2. The van der Waals surface area contributed by atoms with Gasteiger partial charge in [0.1, 0.15) is 6.04 Å². The average molecular weight is 521 g/mol. The topological polar surface area (TPSA) is 113 Å². The van der Waals surface area contributed by atoms with Gasteiger partial charge in [0.05, 0.1) is 39.6 Å². The summed E-state index contributed by atoms with van der Waals surface area (Å²) < 4.78 is 33.7. The van der Waals surface area contributed by atoms with Crippen LogP contribution in [0.3, 0.4) is 0 Å². The third kappa shape index (κ3) is 4.92. The number of benzene rings is 1. The summed E-state index contributed by atoms with van der Waals surface area (Å²) >= 11 is 0. The highest BCUT2D eigenvalue weighted by Crippen LogP contribution is 2.51. The number of amides is 2. The van der Waals surface area contributed by atoms with E-state index in [0.717, 1.165) is 10.0 Å². The van der Waals surface area contributed by atoms with Gasteiger partial charge in [-0.05, 0) is 36.5 Å². The molecule has 2 heterocycles. The number of Topliss-reactive ketones (excluding diaryl/α,β-unsaturated/α-hetero) is 1. The largest absolute Gasteiger partial charge is 0.493 e. The summed E-state index contributed by atoms with van der Waals surface area (Å²) in [5, 5.41) is 1.94. The van der Waals surface area contributed by atoms with E-state index in [-0.39, 0.29) is 54.5 Å². The summed E-state index contributed by atoms with van der Waals surface area (Å²) in [4.78, 5) is 41.4. The number of nitrogens with zero attached hydrogens (tertiary/aromatic N) is 2. The highest BCUT2D eigenvalue weighted by molar-refractivity contribution is 6.10. The van der Waals surface area contributed by atoms with Gasteiger partial charge in [0, 0.05) is 7.11 Å². The molecule has 1 aromatic carbocycles. The highest BCUT2D eigenvalue weighted by atomic mass is 16.6. The first kappa shape index (κ1) is 28.1. The lowest BCUT2D eigenvalue weighted by atomic mass is 9.95. The van der Waals surface area contributed by atoms with Crippen molar-refractivity contribution in [2.45, 2.75) is 46.4 Å². The number of carbonyl (C=O) groups is 3. The molecular weight excluding hydrogens is 484 g/mol. The van der Waals surface area contributed by atoms with E-state index in [1.54, 1.807) is 19.1 Å². The van der Waals surface area contributed by atoms with E-state index >= 15 is 0 Å². The lowest BCUT2D eigenvalue weighted by Crippen LogP contribution is -2.66. The van der Waals surface area contributed by atoms with E-state index in [1.165, 1.54) is 27.4 Å². The summed E-state index contributed by atoms with van der Waals surface area (Å²) in [7, 11) is 4.15. The van der Waals surface area contributed by atoms with Crippen molar-refractivity contribution >= 4 is 18.0 Å². The first-order chi connectivity index (χ1) is 17.6. The van der Waals surface area contributed by atoms with Crippen LogP contribution in [0, 0.1) is 11.8 Å². The molecule has 0 N–H and O–H groups in total. The van der Waals surface area contributed by atoms with Crippen molar-refractivity contribution in [1.29, 1.82) is 0 Å². The first-order valence-electron chi connectivity index (χ1n) is 12.2. The molecule has 1 aliphatic carbocycles. The standard InChI is InChI=1S/C26H36N2O9/c1-9-35-22-20-17(12-19(32-6)21(22)33-7)18-10-11-26(34-8,23(20)29)28(25(31)37-14-16(4)5)27(18)24(30)36-13-15(2)3/h10-12,15-16,18H,9,13-14H2,1-8H3/t18-,26-/m1/s1. The highest BCUT2D eigenvalue weighted by Gasteiger charge is 2.60. The van der Waals surface area contributed by atoms with Crippen molar-refractivity contribution < 1.29 is 42.8 Å². The van der Waals surface area contributed by atoms with Crippen LogP contribution in [-0.2, 0) is 14.2 Å². The van der Waals surface area contributed by atoms with E-state index in [1.807, 2.05) is 27.7 Å². The Kier molecular flexibility index (Phi) is 8.57. The van der Waals surface area contributed by atoms with Gasteiger partial charge in [0.15, 0.2) is 11.5 Å². The van der Waals surface area contributed by atoms with Crippen LogP contribution in [0.25, 0.3) is 0 Å². The van der Waals surface area contributed by atoms with Gasteiger partial charge >= 0.3 is 12.2 Å². The molecule has 11 nitrogen and oxygen atoms in total. The molecule has 2 atom stereocenters. The summed E-state index contributed by atoms with van der Waals surface area (Å²) in [6.45, 7) is 9.64. The Labute approximate surface area is 217 Å². The second-order valence-electron chi connectivity index (χ2n) is 9.47. The van der Waals surface area contributed by atoms with Crippen molar-refractivity contribution in [3.05, 3.63) is 29.3 Å². The monoisotopic (exact) mass is 520 g/mol. The number of methoxy groups -OCH3 is 3. The molecule has 204 valence electrons. The molecule has 0 spiro atoms. The molecule has 0 radical (unpaired) electrons. The Morgan fingerprint density at radius 1 is 0.973 bits per heavy atom. The van der Waals surface area contributed by atoms with Gasteiger partial charge in [0.2, 0.25) is 17.3 Å². The third-order valence-corrected chi connectivity index (χ3v) is 5.87. The maximum Gasteiger partial charge on any atom is 0.432 e. The molecule has 37 heavy (non-hydrogen) atoms. The SMILES string of the molecule is CCOc1c(OC)c(OC)cc2c1C(=O)[C@]1(OC)C=C[C@H]2N(C(=O)OCC(C)C)N1C(=O)OCC(C)C. The average Bonchev–Trinajstić information content (AvgIpc) is 3.05. The van der Waals surface area contributed by atoms with E-state index in [9.17, 15) is 14.4 Å².